The molecule has 1 amide bonds. The van der Waals surface area contributed by atoms with E-state index in [1.165, 1.54) is 0 Å². The maximum atomic E-state index is 12.8. The van der Waals surface area contributed by atoms with Crippen molar-refractivity contribution in [1.29, 1.82) is 0 Å². The van der Waals surface area contributed by atoms with Gasteiger partial charge < -0.3 is 15.2 Å². The van der Waals surface area contributed by atoms with Crippen LogP contribution in [0.1, 0.15) is 30.9 Å². The van der Waals surface area contributed by atoms with Crippen LogP contribution in [0.2, 0.25) is 0 Å². The highest BCUT2D eigenvalue weighted by atomic mass is 16.5. The molecule has 5 heteroatoms. The van der Waals surface area contributed by atoms with Gasteiger partial charge in [0.2, 0.25) is 5.91 Å². The lowest BCUT2D eigenvalue weighted by Crippen LogP contribution is -2.45. The van der Waals surface area contributed by atoms with Crippen molar-refractivity contribution in [2.45, 2.75) is 25.2 Å². The maximum Gasteiger partial charge on any atom is 0.315 e. The van der Waals surface area contributed by atoms with Gasteiger partial charge in [-0.3, -0.25) is 9.59 Å². The third-order valence-electron chi connectivity index (χ3n) is 5.46. The van der Waals surface area contributed by atoms with Crippen LogP contribution in [0.4, 0.5) is 0 Å². The lowest BCUT2D eigenvalue weighted by Gasteiger charge is -2.26. The summed E-state index contributed by atoms with van der Waals surface area (Å²) < 4.78 is 5.25. The van der Waals surface area contributed by atoms with E-state index in [-0.39, 0.29) is 12.5 Å². The van der Waals surface area contributed by atoms with Crippen LogP contribution in [0.25, 0.3) is 10.8 Å². The van der Waals surface area contributed by atoms with E-state index in [9.17, 15) is 14.7 Å². The van der Waals surface area contributed by atoms with Gasteiger partial charge >= 0.3 is 5.97 Å². The molecule has 0 radical (unpaired) electrons. The molecule has 5 nitrogen and oxygen atoms in total. The summed E-state index contributed by atoms with van der Waals surface area (Å²) >= 11 is 0. The highest BCUT2D eigenvalue weighted by Gasteiger charge is 2.36. The minimum absolute atomic E-state index is 0.0142. The van der Waals surface area contributed by atoms with Crippen molar-refractivity contribution < 1.29 is 19.4 Å². The second-order valence-electron chi connectivity index (χ2n) is 7.42. The zero-order valence-electron chi connectivity index (χ0n) is 16.8. The van der Waals surface area contributed by atoms with Gasteiger partial charge in [-0.05, 0) is 47.9 Å². The first-order chi connectivity index (χ1) is 13.8. The lowest BCUT2D eigenvalue weighted by atomic mass is 9.82. The van der Waals surface area contributed by atoms with Crippen LogP contribution >= 0.6 is 0 Å². The van der Waals surface area contributed by atoms with Crippen LogP contribution < -0.4 is 10.1 Å². The van der Waals surface area contributed by atoms with Gasteiger partial charge in [0.25, 0.3) is 0 Å². The Balaban J connectivity index is 1.76. The number of methoxy groups -OCH3 is 1. The first-order valence-electron chi connectivity index (χ1n) is 9.49. The molecule has 0 aliphatic heterocycles. The summed E-state index contributed by atoms with van der Waals surface area (Å²) in [7, 11) is 1.63. The van der Waals surface area contributed by atoms with Gasteiger partial charge in [0.15, 0.2) is 0 Å². The Morgan fingerprint density at radius 1 is 1.03 bits per heavy atom. The van der Waals surface area contributed by atoms with Gasteiger partial charge in [0, 0.05) is 6.54 Å². The van der Waals surface area contributed by atoms with Crippen LogP contribution in [0.5, 0.6) is 5.75 Å². The molecule has 0 aliphatic rings. The molecule has 0 saturated heterocycles. The molecule has 3 aromatic rings. The van der Waals surface area contributed by atoms with E-state index < -0.39 is 17.3 Å². The number of hydrogen-bond donors (Lipinski definition) is 2. The lowest BCUT2D eigenvalue weighted by molar-refractivity contribution is -0.143. The van der Waals surface area contributed by atoms with Crippen LogP contribution in [-0.2, 0) is 15.0 Å². The maximum absolute atomic E-state index is 12.8. The number of benzene rings is 3. The Kier molecular flexibility index (Phi) is 5.87. The van der Waals surface area contributed by atoms with Gasteiger partial charge in [-0.15, -0.1) is 0 Å². The molecular weight excluding hydrogens is 366 g/mol. The van der Waals surface area contributed by atoms with Crippen LogP contribution in [0.15, 0.2) is 66.7 Å². The zero-order valence-corrected chi connectivity index (χ0v) is 16.8. The fourth-order valence-corrected chi connectivity index (χ4v) is 3.31. The van der Waals surface area contributed by atoms with Crippen molar-refractivity contribution >= 4 is 22.6 Å². The van der Waals surface area contributed by atoms with Gasteiger partial charge in [-0.1, -0.05) is 54.6 Å². The molecule has 3 aromatic carbocycles. The molecule has 0 heterocycles. The highest BCUT2D eigenvalue weighted by molar-refractivity contribution is 5.89. The van der Waals surface area contributed by atoms with Crippen molar-refractivity contribution in [2.75, 3.05) is 13.7 Å². The summed E-state index contributed by atoms with van der Waals surface area (Å²) in [6, 6.07) is 20.6. The molecule has 2 N–H and O–H groups in total. The van der Waals surface area contributed by atoms with E-state index in [0.29, 0.717) is 5.56 Å². The number of amides is 1. The third-order valence-corrected chi connectivity index (χ3v) is 5.46. The molecule has 0 bridgehead atoms. The number of carboxylic acid groups (broad SMARTS) is 1. The number of carbonyl (C=O) groups is 2. The van der Waals surface area contributed by atoms with E-state index in [2.05, 4.69) is 5.32 Å². The predicted octanol–water partition coefficient (Wildman–Crippen LogP) is 4.11. The number of carbonyl (C=O) groups excluding carboxylic acids is 1. The summed E-state index contributed by atoms with van der Waals surface area (Å²) in [5, 5.41) is 14.6. The molecule has 0 fully saturated rings. The average Bonchev–Trinajstić information content (AvgIpc) is 2.76. The number of nitrogens with one attached hydrogen (secondary N) is 1. The normalized spacial score (nSPS) is 14.0. The number of fused-ring (bicyclic) bond motifs is 1. The van der Waals surface area contributed by atoms with Gasteiger partial charge in [0.1, 0.15) is 11.2 Å². The van der Waals surface area contributed by atoms with Crippen LogP contribution in [0.3, 0.4) is 0 Å². The Morgan fingerprint density at radius 2 is 1.69 bits per heavy atom. The molecule has 2 atom stereocenters. The summed E-state index contributed by atoms with van der Waals surface area (Å²) in [5.74, 6) is -0.808. The predicted molar refractivity (Wildman–Crippen MR) is 113 cm³/mol. The van der Waals surface area contributed by atoms with Gasteiger partial charge in [-0.25, -0.2) is 0 Å². The number of hydrogen-bond acceptors (Lipinski definition) is 3. The first-order valence-corrected chi connectivity index (χ1v) is 9.49. The van der Waals surface area contributed by atoms with Crippen molar-refractivity contribution in [2.24, 2.45) is 0 Å². The Morgan fingerprint density at radius 3 is 2.34 bits per heavy atom. The monoisotopic (exact) mass is 391 g/mol. The van der Waals surface area contributed by atoms with Crippen LogP contribution in [0, 0.1) is 0 Å². The summed E-state index contributed by atoms with van der Waals surface area (Å²) in [5.41, 5.74) is 0.327. The molecule has 3 rings (SSSR count). The Hall–Kier alpha value is -3.34. The molecule has 0 aromatic heterocycles. The van der Waals surface area contributed by atoms with Crippen molar-refractivity contribution in [3.05, 3.63) is 77.9 Å². The second kappa shape index (κ2) is 8.35. The van der Waals surface area contributed by atoms with Crippen molar-refractivity contribution in [3.63, 3.8) is 0 Å². The standard InChI is InChI=1S/C24H25NO4/c1-16(17-9-10-19-14-21(29-3)12-11-18(19)13-17)22(26)25-15-24(2,23(27)28)20-7-5-4-6-8-20/h4-14,16H,15H2,1-3H3,(H,25,26)(H,27,28). The molecule has 0 saturated carbocycles. The highest BCUT2D eigenvalue weighted by Crippen LogP contribution is 2.26. The molecule has 150 valence electrons. The average molecular weight is 391 g/mol. The quantitative estimate of drug-likeness (QED) is 0.636. The van der Waals surface area contributed by atoms with Gasteiger partial charge in [-0.2, -0.15) is 0 Å². The smallest absolute Gasteiger partial charge is 0.315 e. The van der Waals surface area contributed by atoms with Crippen LogP contribution in [-0.4, -0.2) is 30.6 Å². The topological polar surface area (TPSA) is 75.6 Å². The number of aliphatic carboxylic acids is 1. The second-order valence-corrected chi connectivity index (χ2v) is 7.42. The minimum Gasteiger partial charge on any atom is -0.497 e. The largest absolute Gasteiger partial charge is 0.497 e. The minimum atomic E-state index is -1.20. The fraction of sp³-hybridized carbons (Fsp3) is 0.250. The fourth-order valence-electron chi connectivity index (χ4n) is 3.31. The van der Waals surface area contributed by atoms with E-state index in [0.717, 1.165) is 22.1 Å². The van der Waals surface area contributed by atoms with E-state index >= 15 is 0 Å². The molecular formula is C24H25NO4. The molecule has 0 spiro atoms. The van der Waals surface area contributed by atoms with Gasteiger partial charge in [0.05, 0.1) is 13.0 Å². The SMILES string of the molecule is COc1ccc2cc(C(C)C(=O)NCC(C)(C(=O)O)c3ccccc3)ccc2c1. The molecule has 2 unspecified atom stereocenters. The summed E-state index contributed by atoms with van der Waals surface area (Å²) in [4.78, 5) is 24.7. The van der Waals surface area contributed by atoms with E-state index in [1.54, 1.807) is 38.3 Å². The number of ether oxygens (including phenoxy) is 1. The van der Waals surface area contributed by atoms with E-state index in [4.69, 9.17) is 4.74 Å². The first kappa shape index (κ1) is 20.4. The van der Waals surface area contributed by atoms with Crippen molar-refractivity contribution in [3.8, 4) is 5.75 Å². The Labute approximate surface area is 170 Å². The third kappa shape index (κ3) is 4.24. The zero-order chi connectivity index (χ0) is 21.0. The molecule has 29 heavy (non-hydrogen) atoms. The number of carboxylic acids is 1. The Bertz CT molecular complexity index is 1030. The summed E-state index contributed by atoms with van der Waals surface area (Å²) in [6.45, 7) is 3.46. The van der Waals surface area contributed by atoms with Crippen molar-refractivity contribution in [1.82, 2.24) is 5.32 Å². The van der Waals surface area contributed by atoms with E-state index in [1.807, 2.05) is 49.4 Å². The molecule has 0 aliphatic carbocycles. The number of rotatable bonds is 7. The summed E-state index contributed by atoms with van der Waals surface area (Å²) in [6.07, 6.45) is 0.